The lowest BCUT2D eigenvalue weighted by molar-refractivity contribution is -0.139. The van der Waals surface area contributed by atoms with Crippen molar-refractivity contribution in [1.82, 2.24) is 15.7 Å². The Kier molecular flexibility index (Phi) is 7.06. The third-order valence-electron chi connectivity index (χ3n) is 3.92. The average molecular weight is 388 g/mol. The van der Waals surface area contributed by atoms with Gasteiger partial charge in [-0.2, -0.15) is 5.10 Å². The number of ether oxygens (including phenoxy) is 1. The Hall–Kier alpha value is -4.00. The Morgan fingerprint density at radius 2 is 1.62 bits per heavy atom. The summed E-state index contributed by atoms with van der Waals surface area (Å²) in [4.78, 5) is 27.4. The Bertz CT molecular complexity index is 958. The summed E-state index contributed by atoms with van der Waals surface area (Å²) in [7, 11) is 0. The lowest BCUT2D eigenvalue weighted by Gasteiger charge is -2.06. The molecule has 7 nitrogen and oxygen atoms in total. The number of rotatable bonds is 7. The first-order valence-electron chi connectivity index (χ1n) is 8.97. The number of nitrogens with one attached hydrogen (secondary N) is 2. The molecule has 0 fully saturated rings. The zero-order chi connectivity index (χ0) is 20.3. The van der Waals surface area contributed by atoms with Crippen LogP contribution < -0.4 is 15.5 Å². The summed E-state index contributed by atoms with van der Waals surface area (Å²) in [5.74, 6) is -0.868. The first-order chi connectivity index (χ1) is 14.2. The Labute approximate surface area is 168 Å². The van der Waals surface area contributed by atoms with Gasteiger partial charge in [0.2, 0.25) is 0 Å². The molecule has 0 atom stereocenters. The molecule has 3 rings (SSSR count). The zero-order valence-electron chi connectivity index (χ0n) is 15.6. The van der Waals surface area contributed by atoms with Crippen LogP contribution in [-0.4, -0.2) is 23.0 Å². The molecule has 3 aromatic rings. The molecule has 0 aliphatic heterocycles. The van der Waals surface area contributed by atoms with Crippen molar-refractivity contribution in [3.63, 3.8) is 0 Å². The van der Waals surface area contributed by atoms with Crippen LogP contribution in [0.4, 0.5) is 0 Å². The lowest BCUT2D eigenvalue weighted by atomic mass is 10.2. The highest BCUT2D eigenvalue weighted by molar-refractivity contribution is 6.35. The molecule has 146 valence electrons. The van der Waals surface area contributed by atoms with Crippen LogP contribution >= 0.6 is 0 Å². The molecule has 7 heteroatoms. The summed E-state index contributed by atoms with van der Waals surface area (Å²) < 4.78 is 5.71. The van der Waals surface area contributed by atoms with Gasteiger partial charge in [-0.05, 0) is 53.1 Å². The summed E-state index contributed by atoms with van der Waals surface area (Å²) in [6.07, 6.45) is 4.68. The van der Waals surface area contributed by atoms with E-state index < -0.39 is 11.8 Å². The summed E-state index contributed by atoms with van der Waals surface area (Å²) >= 11 is 0. The van der Waals surface area contributed by atoms with Crippen molar-refractivity contribution in [2.24, 2.45) is 5.10 Å². The van der Waals surface area contributed by atoms with Crippen LogP contribution in [0.5, 0.6) is 5.75 Å². The highest BCUT2D eigenvalue weighted by Crippen LogP contribution is 2.13. The predicted molar refractivity (Wildman–Crippen MR) is 109 cm³/mol. The molecule has 0 saturated carbocycles. The van der Waals surface area contributed by atoms with Crippen LogP contribution in [0.25, 0.3) is 0 Å². The molecular formula is C22H20N4O3. The molecule has 2 amide bonds. The van der Waals surface area contributed by atoms with E-state index in [4.69, 9.17) is 4.74 Å². The molecule has 0 unspecified atom stereocenters. The molecule has 0 bridgehead atoms. The van der Waals surface area contributed by atoms with Crippen LogP contribution in [0.3, 0.4) is 0 Å². The normalized spacial score (nSPS) is 10.5. The third kappa shape index (κ3) is 6.59. The van der Waals surface area contributed by atoms with Crippen LogP contribution in [0.2, 0.25) is 0 Å². The van der Waals surface area contributed by atoms with Crippen molar-refractivity contribution in [3.8, 4) is 5.75 Å². The number of hydrogen-bond acceptors (Lipinski definition) is 5. The number of carbonyl (C=O) groups is 2. The van der Waals surface area contributed by atoms with Gasteiger partial charge >= 0.3 is 11.8 Å². The third-order valence-corrected chi connectivity index (χ3v) is 3.92. The van der Waals surface area contributed by atoms with Gasteiger partial charge < -0.3 is 10.1 Å². The van der Waals surface area contributed by atoms with E-state index in [-0.39, 0.29) is 6.54 Å². The van der Waals surface area contributed by atoms with E-state index in [9.17, 15) is 9.59 Å². The second-order valence-electron chi connectivity index (χ2n) is 6.08. The minimum absolute atomic E-state index is 0.239. The largest absolute Gasteiger partial charge is 0.489 e. The van der Waals surface area contributed by atoms with E-state index in [0.29, 0.717) is 6.61 Å². The van der Waals surface area contributed by atoms with Crippen molar-refractivity contribution in [1.29, 1.82) is 0 Å². The number of amides is 2. The number of pyridine rings is 1. The van der Waals surface area contributed by atoms with Crippen LogP contribution in [0.1, 0.15) is 16.7 Å². The van der Waals surface area contributed by atoms with Crippen LogP contribution in [0, 0.1) is 0 Å². The van der Waals surface area contributed by atoms with Crippen LogP contribution in [-0.2, 0) is 22.7 Å². The number of benzene rings is 2. The summed E-state index contributed by atoms with van der Waals surface area (Å²) in [6.45, 7) is 0.724. The van der Waals surface area contributed by atoms with Gasteiger partial charge in [0.25, 0.3) is 0 Å². The van der Waals surface area contributed by atoms with E-state index >= 15 is 0 Å². The fourth-order valence-corrected chi connectivity index (χ4v) is 2.37. The predicted octanol–water partition coefficient (Wildman–Crippen LogP) is 2.43. The smallest absolute Gasteiger partial charge is 0.329 e. The quantitative estimate of drug-likeness (QED) is 0.369. The van der Waals surface area contributed by atoms with Gasteiger partial charge in [0.15, 0.2) is 0 Å². The maximum absolute atomic E-state index is 11.8. The van der Waals surface area contributed by atoms with Gasteiger partial charge in [-0.3, -0.25) is 14.6 Å². The van der Waals surface area contributed by atoms with E-state index in [1.54, 1.807) is 36.7 Å². The Morgan fingerprint density at radius 3 is 2.34 bits per heavy atom. The summed E-state index contributed by atoms with van der Waals surface area (Å²) in [5, 5.41) is 6.32. The first-order valence-corrected chi connectivity index (χ1v) is 8.97. The highest BCUT2D eigenvalue weighted by atomic mass is 16.5. The fourth-order valence-electron chi connectivity index (χ4n) is 2.37. The standard InChI is InChI=1S/C22H20N4O3/c27-21(24-14-18-10-12-23-13-11-18)22(28)26-25-15-17-6-8-20(9-7-17)29-16-19-4-2-1-3-5-19/h1-13,15H,14,16H2,(H,24,27)(H,26,28)/b25-15+. The molecule has 1 heterocycles. The topological polar surface area (TPSA) is 92.7 Å². The van der Waals surface area contributed by atoms with Gasteiger partial charge in [-0.1, -0.05) is 30.3 Å². The number of hydrogen-bond donors (Lipinski definition) is 2. The minimum Gasteiger partial charge on any atom is -0.489 e. The molecule has 29 heavy (non-hydrogen) atoms. The average Bonchev–Trinajstić information content (AvgIpc) is 2.78. The molecule has 2 aromatic carbocycles. The van der Waals surface area contributed by atoms with E-state index in [0.717, 1.165) is 22.4 Å². The van der Waals surface area contributed by atoms with Crippen molar-refractivity contribution >= 4 is 18.0 Å². The second kappa shape index (κ2) is 10.4. The van der Waals surface area contributed by atoms with Crippen molar-refractivity contribution in [2.75, 3.05) is 0 Å². The zero-order valence-corrected chi connectivity index (χ0v) is 15.6. The first kappa shape index (κ1) is 19.8. The van der Waals surface area contributed by atoms with Gasteiger partial charge in [-0.15, -0.1) is 0 Å². The molecule has 0 aliphatic rings. The van der Waals surface area contributed by atoms with Crippen molar-refractivity contribution in [2.45, 2.75) is 13.2 Å². The molecule has 0 aliphatic carbocycles. The Morgan fingerprint density at radius 1 is 0.897 bits per heavy atom. The fraction of sp³-hybridized carbons (Fsp3) is 0.0909. The Balaban J connectivity index is 1.42. The monoisotopic (exact) mass is 388 g/mol. The summed E-state index contributed by atoms with van der Waals surface area (Å²) in [6, 6.07) is 20.6. The van der Waals surface area contributed by atoms with E-state index in [2.05, 4.69) is 20.8 Å². The maximum Gasteiger partial charge on any atom is 0.329 e. The molecule has 0 radical (unpaired) electrons. The number of aromatic nitrogens is 1. The number of hydrazone groups is 1. The highest BCUT2D eigenvalue weighted by Gasteiger charge is 2.11. The molecule has 0 saturated heterocycles. The number of carbonyl (C=O) groups excluding carboxylic acids is 2. The SMILES string of the molecule is O=C(NCc1ccncc1)C(=O)N/N=C/c1ccc(OCc2ccccc2)cc1. The van der Waals surface area contributed by atoms with E-state index in [1.165, 1.54) is 6.21 Å². The second-order valence-corrected chi connectivity index (χ2v) is 6.08. The van der Waals surface area contributed by atoms with Crippen molar-refractivity contribution < 1.29 is 14.3 Å². The van der Waals surface area contributed by atoms with Gasteiger partial charge in [-0.25, -0.2) is 5.43 Å². The molecule has 2 N–H and O–H groups in total. The molecule has 0 spiro atoms. The minimum atomic E-state index is -0.835. The van der Waals surface area contributed by atoms with Gasteiger partial charge in [0.05, 0.1) is 6.21 Å². The molecular weight excluding hydrogens is 368 g/mol. The van der Waals surface area contributed by atoms with Crippen molar-refractivity contribution in [3.05, 3.63) is 95.8 Å². The van der Waals surface area contributed by atoms with Gasteiger partial charge in [0.1, 0.15) is 12.4 Å². The summed E-state index contributed by atoms with van der Waals surface area (Å²) in [5.41, 5.74) is 4.89. The maximum atomic E-state index is 11.8. The van der Waals surface area contributed by atoms with E-state index in [1.807, 2.05) is 42.5 Å². The lowest BCUT2D eigenvalue weighted by Crippen LogP contribution is -2.37. The molecule has 1 aromatic heterocycles. The van der Waals surface area contributed by atoms with Gasteiger partial charge in [0, 0.05) is 18.9 Å². The number of nitrogens with zero attached hydrogens (tertiary/aromatic N) is 2. The van der Waals surface area contributed by atoms with Crippen LogP contribution in [0.15, 0.2) is 84.2 Å².